The van der Waals surface area contributed by atoms with Crippen molar-refractivity contribution in [3.63, 3.8) is 0 Å². The number of nitrogens with two attached hydrogens (primary N) is 1. The molecule has 8 heteroatoms. The molecule has 0 radical (unpaired) electrons. The Balaban J connectivity index is 2.30. The topological polar surface area (TPSA) is 102 Å². The Morgan fingerprint density at radius 2 is 2.23 bits per heavy atom. The van der Waals surface area contributed by atoms with Crippen LogP contribution in [0.15, 0.2) is 18.2 Å². The molecular formula is C14H21N3O4S. The van der Waals surface area contributed by atoms with Gasteiger partial charge in [-0.15, -0.1) is 0 Å². The summed E-state index contributed by atoms with van der Waals surface area (Å²) in [6.07, 6.45) is 1.03. The number of rotatable bonds is 5. The van der Waals surface area contributed by atoms with Crippen molar-refractivity contribution in [2.24, 2.45) is 5.73 Å². The fourth-order valence-corrected chi connectivity index (χ4v) is 3.90. The first-order valence-corrected chi connectivity index (χ1v) is 8.71. The van der Waals surface area contributed by atoms with Crippen molar-refractivity contribution in [1.29, 1.82) is 0 Å². The van der Waals surface area contributed by atoms with Crippen molar-refractivity contribution in [3.05, 3.63) is 23.8 Å². The second kappa shape index (κ2) is 6.53. The van der Waals surface area contributed by atoms with Gasteiger partial charge in [-0.1, -0.05) is 6.07 Å². The summed E-state index contributed by atoms with van der Waals surface area (Å²) in [4.78, 5) is 13.0. The molecule has 0 bridgehead atoms. The Bertz CT molecular complexity index is 660. The van der Waals surface area contributed by atoms with Gasteiger partial charge in [0.1, 0.15) is 0 Å². The first-order chi connectivity index (χ1) is 10.3. The van der Waals surface area contributed by atoms with E-state index in [0.29, 0.717) is 24.3 Å². The number of hydrogen-bond donors (Lipinski definition) is 2. The molecular weight excluding hydrogens is 306 g/mol. The minimum absolute atomic E-state index is 0.132. The summed E-state index contributed by atoms with van der Waals surface area (Å²) in [6, 6.07) is 4.64. The van der Waals surface area contributed by atoms with Crippen molar-refractivity contribution in [2.75, 3.05) is 29.0 Å². The van der Waals surface area contributed by atoms with Gasteiger partial charge in [0.2, 0.25) is 10.0 Å². The van der Waals surface area contributed by atoms with Crippen LogP contribution in [0.3, 0.4) is 0 Å². The Kier molecular flexibility index (Phi) is 4.92. The van der Waals surface area contributed by atoms with Crippen molar-refractivity contribution in [3.8, 4) is 0 Å². The van der Waals surface area contributed by atoms with E-state index in [0.717, 1.165) is 12.0 Å². The van der Waals surface area contributed by atoms with Gasteiger partial charge < -0.3 is 10.5 Å². The standard InChI is InChI=1S/C14H21N3O4S/c1-10(21-2)9-22(19,20)16-12-6-3-7-13-11(12)5-4-8-17(13)14(15)18/h3,6-7,10,16H,4-5,8-9H2,1-2H3,(H2,15,18). The minimum atomic E-state index is -3.53. The SMILES string of the molecule is COC(C)CS(=O)(=O)Nc1cccc2c1CCCN2C(N)=O. The molecule has 0 saturated heterocycles. The molecule has 3 N–H and O–H groups in total. The van der Waals surface area contributed by atoms with Gasteiger partial charge in [-0.3, -0.25) is 9.62 Å². The lowest BCUT2D eigenvalue weighted by molar-refractivity contribution is 0.136. The van der Waals surface area contributed by atoms with E-state index in [1.807, 2.05) is 0 Å². The Morgan fingerprint density at radius 3 is 2.86 bits per heavy atom. The summed E-state index contributed by atoms with van der Waals surface area (Å²) in [7, 11) is -2.06. The zero-order valence-corrected chi connectivity index (χ0v) is 13.5. The first kappa shape index (κ1) is 16.6. The van der Waals surface area contributed by atoms with E-state index in [4.69, 9.17) is 10.5 Å². The van der Waals surface area contributed by atoms with Crippen LogP contribution in [0.4, 0.5) is 16.2 Å². The number of ether oxygens (including phenoxy) is 1. The van der Waals surface area contributed by atoms with Crippen LogP contribution in [0.1, 0.15) is 18.9 Å². The summed E-state index contributed by atoms with van der Waals surface area (Å²) in [5, 5.41) is 0. The number of methoxy groups -OCH3 is 1. The average Bonchev–Trinajstić information content (AvgIpc) is 2.45. The molecule has 1 aromatic rings. The monoisotopic (exact) mass is 327 g/mol. The average molecular weight is 327 g/mol. The molecule has 2 amide bonds. The van der Waals surface area contributed by atoms with Gasteiger partial charge in [0.05, 0.1) is 23.2 Å². The quantitative estimate of drug-likeness (QED) is 0.851. The number of anilines is 2. The first-order valence-electron chi connectivity index (χ1n) is 7.06. The van der Waals surface area contributed by atoms with Crippen LogP contribution in [0.5, 0.6) is 0 Å². The molecule has 1 aliphatic rings. The Morgan fingerprint density at radius 1 is 1.50 bits per heavy atom. The maximum absolute atomic E-state index is 12.2. The molecule has 2 rings (SSSR count). The van der Waals surface area contributed by atoms with E-state index in [9.17, 15) is 13.2 Å². The van der Waals surface area contributed by atoms with Gasteiger partial charge in [-0.2, -0.15) is 0 Å². The van der Waals surface area contributed by atoms with Gasteiger partial charge in [-0.05, 0) is 31.9 Å². The molecule has 1 unspecified atom stereocenters. The van der Waals surface area contributed by atoms with Crippen molar-refractivity contribution < 1.29 is 17.9 Å². The molecule has 0 spiro atoms. The van der Waals surface area contributed by atoms with Crippen LogP contribution in [-0.4, -0.2) is 40.0 Å². The number of nitrogens with zero attached hydrogens (tertiary/aromatic N) is 1. The van der Waals surface area contributed by atoms with Crippen molar-refractivity contribution in [1.82, 2.24) is 0 Å². The van der Waals surface area contributed by atoms with Crippen LogP contribution in [0, 0.1) is 0 Å². The number of carbonyl (C=O) groups excluding carboxylic acids is 1. The molecule has 1 aromatic carbocycles. The predicted octanol–water partition coefficient (Wildman–Crippen LogP) is 1.29. The van der Waals surface area contributed by atoms with E-state index < -0.39 is 22.2 Å². The van der Waals surface area contributed by atoms with Crippen molar-refractivity contribution >= 4 is 27.4 Å². The molecule has 0 saturated carbocycles. The van der Waals surface area contributed by atoms with Gasteiger partial charge in [0, 0.05) is 19.2 Å². The van der Waals surface area contributed by atoms with Crippen LogP contribution in [-0.2, 0) is 21.2 Å². The van der Waals surface area contributed by atoms with Gasteiger partial charge in [-0.25, -0.2) is 13.2 Å². The minimum Gasteiger partial charge on any atom is -0.381 e. The van der Waals surface area contributed by atoms with E-state index in [1.165, 1.54) is 12.0 Å². The van der Waals surface area contributed by atoms with Crippen LogP contribution < -0.4 is 15.4 Å². The maximum Gasteiger partial charge on any atom is 0.319 e. The van der Waals surface area contributed by atoms with Gasteiger partial charge in [0.25, 0.3) is 0 Å². The highest BCUT2D eigenvalue weighted by molar-refractivity contribution is 7.92. The number of sulfonamides is 1. The smallest absolute Gasteiger partial charge is 0.319 e. The largest absolute Gasteiger partial charge is 0.381 e. The lowest BCUT2D eigenvalue weighted by Crippen LogP contribution is -2.39. The molecule has 0 fully saturated rings. The maximum atomic E-state index is 12.2. The Labute approximate surface area is 130 Å². The lowest BCUT2D eigenvalue weighted by atomic mass is 10.0. The molecule has 1 aliphatic heterocycles. The normalized spacial score (nSPS) is 16.0. The van der Waals surface area contributed by atoms with Gasteiger partial charge in [0.15, 0.2) is 0 Å². The third-order valence-electron chi connectivity index (χ3n) is 3.64. The van der Waals surface area contributed by atoms with E-state index >= 15 is 0 Å². The van der Waals surface area contributed by atoms with Crippen LogP contribution in [0.25, 0.3) is 0 Å². The number of fused-ring (bicyclic) bond motifs is 1. The third kappa shape index (κ3) is 3.69. The molecule has 0 aromatic heterocycles. The number of amides is 2. The summed E-state index contributed by atoms with van der Waals surface area (Å²) in [5.74, 6) is -0.132. The third-order valence-corrected chi connectivity index (χ3v) is 5.08. The van der Waals surface area contributed by atoms with Gasteiger partial charge >= 0.3 is 6.03 Å². The molecule has 1 atom stereocenters. The molecule has 122 valence electrons. The highest BCUT2D eigenvalue weighted by Crippen LogP contribution is 2.33. The second-order valence-corrected chi connectivity index (χ2v) is 7.09. The van der Waals surface area contributed by atoms with Crippen LogP contribution >= 0.6 is 0 Å². The number of primary amides is 1. The number of benzene rings is 1. The summed E-state index contributed by atoms with van der Waals surface area (Å²) >= 11 is 0. The fourth-order valence-electron chi connectivity index (χ4n) is 2.54. The molecule has 7 nitrogen and oxygen atoms in total. The molecule has 22 heavy (non-hydrogen) atoms. The van der Waals surface area contributed by atoms with Crippen LogP contribution in [0.2, 0.25) is 0 Å². The molecule has 1 heterocycles. The number of hydrogen-bond acceptors (Lipinski definition) is 4. The predicted molar refractivity (Wildman–Crippen MR) is 85.6 cm³/mol. The fraction of sp³-hybridized carbons (Fsp3) is 0.500. The van der Waals surface area contributed by atoms with Crippen molar-refractivity contribution in [2.45, 2.75) is 25.9 Å². The highest BCUT2D eigenvalue weighted by Gasteiger charge is 2.24. The zero-order chi connectivity index (χ0) is 16.3. The number of urea groups is 1. The second-order valence-electron chi connectivity index (χ2n) is 5.33. The zero-order valence-electron chi connectivity index (χ0n) is 12.7. The summed E-state index contributed by atoms with van der Waals surface area (Å²) < 4.78 is 31.9. The molecule has 0 aliphatic carbocycles. The Hall–Kier alpha value is -1.80. The van der Waals surface area contributed by atoms with E-state index in [2.05, 4.69) is 4.72 Å². The highest BCUT2D eigenvalue weighted by atomic mass is 32.2. The van der Waals surface area contributed by atoms with E-state index in [1.54, 1.807) is 25.1 Å². The number of carbonyl (C=O) groups is 1. The summed E-state index contributed by atoms with van der Waals surface area (Å²) in [6.45, 7) is 2.23. The lowest BCUT2D eigenvalue weighted by Gasteiger charge is -2.29. The van der Waals surface area contributed by atoms with E-state index in [-0.39, 0.29) is 5.75 Å². The number of nitrogens with one attached hydrogen (secondary N) is 1. The summed E-state index contributed by atoms with van der Waals surface area (Å²) in [5.41, 5.74) is 7.33.